The minimum absolute atomic E-state index is 0.323. The lowest BCUT2D eigenvalue weighted by molar-refractivity contribution is -0.131. The van der Waals surface area contributed by atoms with Gasteiger partial charge in [0, 0.05) is 6.92 Å². The first-order valence-corrected chi connectivity index (χ1v) is 7.73. The van der Waals surface area contributed by atoms with Crippen LogP contribution in [0.25, 0.3) is 0 Å². The molecule has 0 bridgehead atoms. The number of hydrogen-bond donors (Lipinski definition) is 0. The fourth-order valence-corrected chi connectivity index (χ4v) is 2.38. The molecule has 2 aromatic carbocycles. The van der Waals surface area contributed by atoms with Gasteiger partial charge in [0.2, 0.25) is 0 Å². The van der Waals surface area contributed by atoms with Crippen LogP contribution in [-0.4, -0.2) is 13.1 Å². The normalized spacial score (nSPS) is 10.3. The van der Waals surface area contributed by atoms with E-state index in [1.54, 1.807) is 19.2 Å². The third kappa shape index (κ3) is 4.25. The highest BCUT2D eigenvalue weighted by molar-refractivity contribution is 5.70. The summed E-state index contributed by atoms with van der Waals surface area (Å²) >= 11 is 0. The summed E-state index contributed by atoms with van der Waals surface area (Å²) in [4.78, 5) is 11.1. The number of esters is 1. The molecule has 4 heteroatoms. The SMILES string of the molecule is CCc1cc(Oc2ccc(OC(C)=O)c(CC)c2)ccc1OC. The summed E-state index contributed by atoms with van der Waals surface area (Å²) in [5, 5.41) is 0. The molecule has 0 N–H and O–H groups in total. The Kier molecular flexibility index (Phi) is 5.63. The topological polar surface area (TPSA) is 44.8 Å². The van der Waals surface area contributed by atoms with Crippen LogP contribution in [-0.2, 0) is 17.6 Å². The molecule has 0 radical (unpaired) electrons. The van der Waals surface area contributed by atoms with Crippen molar-refractivity contribution in [1.29, 1.82) is 0 Å². The van der Waals surface area contributed by atoms with E-state index in [1.165, 1.54) is 6.92 Å². The van der Waals surface area contributed by atoms with Gasteiger partial charge in [-0.25, -0.2) is 0 Å². The number of benzene rings is 2. The molecular weight excluding hydrogens is 292 g/mol. The van der Waals surface area contributed by atoms with E-state index in [0.717, 1.165) is 35.5 Å². The second-order valence-corrected chi connectivity index (χ2v) is 5.15. The van der Waals surface area contributed by atoms with Gasteiger partial charge in [0.15, 0.2) is 0 Å². The van der Waals surface area contributed by atoms with Crippen LogP contribution in [0.1, 0.15) is 31.9 Å². The monoisotopic (exact) mass is 314 g/mol. The molecule has 4 nitrogen and oxygen atoms in total. The van der Waals surface area contributed by atoms with Crippen molar-refractivity contribution in [3.05, 3.63) is 47.5 Å². The predicted octanol–water partition coefficient (Wildman–Crippen LogP) is 4.54. The van der Waals surface area contributed by atoms with Crippen molar-refractivity contribution in [3.8, 4) is 23.0 Å². The molecule has 0 atom stereocenters. The number of methoxy groups -OCH3 is 1. The van der Waals surface area contributed by atoms with Gasteiger partial charge < -0.3 is 14.2 Å². The minimum Gasteiger partial charge on any atom is -0.496 e. The van der Waals surface area contributed by atoms with Crippen LogP contribution < -0.4 is 14.2 Å². The summed E-state index contributed by atoms with van der Waals surface area (Å²) in [6.45, 7) is 5.48. The number of carbonyl (C=O) groups is 1. The second kappa shape index (κ2) is 7.68. The van der Waals surface area contributed by atoms with E-state index in [1.807, 2.05) is 31.2 Å². The molecule has 0 spiro atoms. The van der Waals surface area contributed by atoms with E-state index in [0.29, 0.717) is 11.5 Å². The van der Waals surface area contributed by atoms with E-state index in [2.05, 4.69) is 6.92 Å². The van der Waals surface area contributed by atoms with E-state index >= 15 is 0 Å². The summed E-state index contributed by atoms with van der Waals surface area (Å²) in [5.74, 6) is 2.58. The number of ether oxygens (including phenoxy) is 3. The zero-order valence-corrected chi connectivity index (χ0v) is 14.0. The fourth-order valence-electron chi connectivity index (χ4n) is 2.38. The van der Waals surface area contributed by atoms with E-state index in [4.69, 9.17) is 14.2 Å². The molecule has 0 aliphatic heterocycles. The maximum Gasteiger partial charge on any atom is 0.308 e. The molecule has 0 aromatic heterocycles. The Balaban J connectivity index is 2.24. The predicted molar refractivity (Wildman–Crippen MR) is 89.6 cm³/mol. The largest absolute Gasteiger partial charge is 0.496 e. The van der Waals surface area contributed by atoms with Crippen LogP contribution in [0.4, 0.5) is 0 Å². The highest BCUT2D eigenvalue weighted by Gasteiger charge is 2.09. The molecule has 2 rings (SSSR count). The molecule has 0 fully saturated rings. The van der Waals surface area contributed by atoms with Gasteiger partial charge in [0.25, 0.3) is 0 Å². The molecule has 0 aliphatic rings. The number of aryl methyl sites for hydroxylation is 2. The summed E-state index contributed by atoms with van der Waals surface area (Å²) in [7, 11) is 1.66. The van der Waals surface area contributed by atoms with E-state index in [9.17, 15) is 4.79 Å². The molecule has 2 aromatic rings. The average Bonchev–Trinajstić information content (AvgIpc) is 2.55. The van der Waals surface area contributed by atoms with Crippen LogP contribution in [0.15, 0.2) is 36.4 Å². The first-order chi connectivity index (χ1) is 11.1. The Labute approximate surface area is 137 Å². The van der Waals surface area contributed by atoms with Gasteiger partial charge in [-0.2, -0.15) is 0 Å². The van der Waals surface area contributed by atoms with Crippen LogP contribution in [0.5, 0.6) is 23.0 Å². The lowest BCUT2D eigenvalue weighted by Gasteiger charge is -2.13. The van der Waals surface area contributed by atoms with Crippen molar-refractivity contribution in [3.63, 3.8) is 0 Å². The van der Waals surface area contributed by atoms with Crippen LogP contribution in [0.3, 0.4) is 0 Å². The fraction of sp³-hybridized carbons (Fsp3) is 0.316. The van der Waals surface area contributed by atoms with Gasteiger partial charge >= 0.3 is 5.97 Å². The summed E-state index contributed by atoms with van der Waals surface area (Å²) in [6.07, 6.45) is 1.62. The molecule has 0 heterocycles. The molecule has 0 unspecified atom stereocenters. The molecule has 23 heavy (non-hydrogen) atoms. The lowest BCUT2D eigenvalue weighted by Crippen LogP contribution is -2.03. The minimum atomic E-state index is -0.323. The molecule has 0 saturated heterocycles. The van der Waals surface area contributed by atoms with Crippen molar-refractivity contribution in [1.82, 2.24) is 0 Å². The Morgan fingerprint density at radius 2 is 1.43 bits per heavy atom. The van der Waals surface area contributed by atoms with Crippen molar-refractivity contribution < 1.29 is 19.0 Å². The van der Waals surface area contributed by atoms with E-state index in [-0.39, 0.29) is 5.97 Å². The van der Waals surface area contributed by atoms with Crippen molar-refractivity contribution in [2.24, 2.45) is 0 Å². The Morgan fingerprint density at radius 3 is 1.91 bits per heavy atom. The Bertz CT molecular complexity index is 692. The Hall–Kier alpha value is -2.49. The quantitative estimate of drug-likeness (QED) is 0.580. The number of rotatable bonds is 6. The maximum absolute atomic E-state index is 11.1. The van der Waals surface area contributed by atoms with Crippen molar-refractivity contribution in [2.75, 3.05) is 7.11 Å². The lowest BCUT2D eigenvalue weighted by atomic mass is 10.1. The van der Waals surface area contributed by atoms with Gasteiger partial charge in [-0.05, 0) is 60.4 Å². The number of carbonyl (C=O) groups excluding carboxylic acids is 1. The molecule has 0 amide bonds. The van der Waals surface area contributed by atoms with Crippen molar-refractivity contribution >= 4 is 5.97 Å². The van der Waals surface area contributed by atoms with Gasteiger partial charge in [0.05, 0.1) is 7.11 Å². The zero-order chi connectivity index (χ0) is 16.8. The maximum atomic E-state index is 11.1. The van der Waals surface area contributed by atoms with Gasteiger partial charge in [-0.3, -0.25) is 4.79 Å². The van der Waals surface area contributed by atoms with Crippen LogP contribution >= 0.6 is 0 Å². The summed E-state index contributed by atoms with van der Waals surface area (Å²) in [5.41, 5.74) is 2.03. The highest BCUT2D eigenvalue weighted by Crippen LogP contribution is 2.31. The smallest absolute Gasteiger partial charge is 0.308 e. The van der Waals surface area contributed by atoms with E-state index < -0.39 is 0 Å². The first-order valence-electron chi connectivity index (χ1n) is 7.73. The molecule has 122 valence electrons. The standard InChI is InChI=1S/C19H22O4/c1-5-14-11-16(7-9-18(14)21-4)23-17-8-10-19(22-13(3)20)15(6-2)12-17/h7-12H,5-6H2,1-4H3. The molecule has 0 saturated carbocycles. The summed E-state index contributed by atoms with van der Waals surface area (Å²) in [6, 6.07) is 11.2. The first kappa shape index (κ1) is 16.9. The summed E-state index contributed by atoms with van der Waals surface area (Å²) < 4.78 is 16.5. The second-order valence-electron chi connectivity index (χ2n) is 5.15. The van der Waals surface area contributed by atoms with Gasteiger partial charge in [0.1, 0.15) is 23.0 Å². The molecular formula is C19H22O4. The van der Waals surface area contributed by atoms with Crippen LogP contribution in [0, 0.1) is 0 Å². The van der Waals surface area contributed by atoms with Gasteiger partial charge in [-0.1, -0.05) is 13.8 Å². The highest BCUT2D eigenvalue weighted by atomic mass is 16.5. The third-order valence-corrected chi connectivity index (χ3v) is 3.54. The zero-order valence-electron chi connectivity index (χ0n) is 14.0. The third-order valence-electron chi connectivity index (χ3n) is 3.54. The average molecular weight is 314 g/mol. The Morgan fingerprint density at radius 1 is 0.913 bits per heavy atom. The van der Waals surface area contributed by atoms with Crippen molar-refractivity contribution in [2.45, 2.75) is 33.6 Å². The van der Waals surface area contributed by atoms with Gasteiger partial charge in [-0.15, -0.1) is 0 Å². The number of hydrogen-bond acceptors (Lipinski definition) is 4. The molecule has 0 aliphatic carbocycles. The van der Waals surface area contributed by atoms with Crippen LogP contribution in [0.2, 0.25) is 0 Å².